The van der Waals surface area contributed by atoms with Gasteiger partial charge in [-0.05, 0) is 36.8 Å². The van der Waals surface area contributed by atoms with E-state index in [2.05, 4.69) is 30.2 Å². The zero-order valence-corrected chi connectivity index (χ0v) is 11.5. The Morgan fingerprint density at radius 1 is 1.11 bits per heavy atom. The van der Waals surface area contributed by atoms with E-state index in [4.69, 9.17) is 5.73 Å². The van der Waals surface area contributed by atoms with E-state index >= 15 is 0 Å². The van der Waals surface area contributed by atoms with E-state index in [1.165, 1.54) is 5.39 Å². The second-order valence-corrected chi connectivity index (χ2v) is 4.32. The Morgan fingerprint density at radius 2 is 1.84 bits per heavy atom. The Kier molecular flexibility index (Phi) is 3.76. The summed E-state index contributed by atoms with van der Waals surface area (Å²) in [5.74, 6) is 0. The summed E-state index contributed by atoms with van der Waals surface area (Å²) in [4.78, 5) is 0. The van der Waals surface area contributed by atoms with Crippen LogP contribution in [0, 0.1) is 0 Å². The summed E-state index contributed by atoms with van der Waals surface area (Å²) >= 11 is 0. The number of aryl methyl sites for hydroxylation is 1. The third-order valence-electron chi connectivity index (χ3n) is 3.12. The van der Waals surface area contributed by atoms with Crippen molar-refractivity contribution < 1.29 is 0 Å². The SMILES string of the molecule is CCc1nn(-c2ccccc2)c2cc(N)ccc12.Cl. The number of anilines is 1. The van der Waals surface area contributed by atoms with Crippen molar-refractivity contribution in [2.24, 2.45) is 0 Å². The van der Waals surface area contributed by atoms with Gasteiger partial charge in [-0.3, -0.25) is 0 Å². The lowest BCUT2D eigenvalue weighted by atomic mass is 10.1. The van der Waals surface area contributed by atoms with Crippen LogP contribution in [0.4, 0.5) is 5.69 Å². The number of hydrogen-bond acceptors (Lipinski definition) is 2. The number of para-hydroxylation sites is 1. The number of nitrogens with two attached hydrogens (primary N) is 1. The summed E-state index contributed by atoms with van der Waals surface area (Å²) in [6.07, 6.45) is 0.917. The number of nitrogen functional groups attached to an aromatic ring is 1. The molecule has 1 heterocycles. The molecule has 19 heavy (non-hydrogen) atoms. The molecule has 0 aliphatic carbocycles. The van der Waals surface area contributed by atoms with E-state index in [0.717, 1.165) is 29.0 Å². The predicted octanol–water partition coefficient (Wildman–Crippen LogP) is 3.59. The van der Waals surface area contributed by atoms with Gasteiger partial charge in [-0.2, -0.15) is 5.10 Å². The number of nitrogens with zero attached hydrogens (tertiary/aromatic N) is 2. The maximum absolute atomic E-state index is 5.88. The average Bonchev–Trinajstić information content (AvgIpc) is 2.77. The highest BCUT2D eigenvalue weighted by atomic mass is 35.5. The summed E-state index contributed by atoms with van der Waals surface area (Å²) in [6, 6.07) is 16.1. The van der Waals surface area contributed by atoms with Crippen LogP contribution >= 0.6 is 12.4 Å². The molecule has 0 saturated heterocycles. The smallest absolute Gasteiger partial charge is 0.0764 e. The molecule has 0 radical (unpaired) electrons. The van der Waals surface area contributed by atoms with E-state index < -0.39 is 0 Å². The Bertz CT molecular complexity index is 689. The van der Waals surface area contributed by atoms with Crippen molar-refractivity contribution in [2.75, 3.05) is 5.73 Å². The summed E-state index contributed by atoms with van der Waals surface area (Å²) in [6.45, 7) is 2.12. The predicted molar refractivity (Wildman–Crippen MR) is 82.1 cm³/mol. The lowest BCUT2D eigenvalue weighted by Gasteiger charge is -2.03. The third kappa shape index (κ3) is 2.29. The van der Waals surface area contributed by atoms with Crippen molar-refractivity contribution in [3.05, 3.63) is 54.2 Å². The van der Waals surface area contributed by atoms with Gasteiger partial charge in [0.2, 0.25) is 0 Å². The molecular formula is C15H16ClN3. The lowest BCUT2D eigenvalue weighted by molar-refractivity contribution is 0.863. The normalized spacial score (nSPS) is 10.4. The highest BCUT2D eigenvalue weighted by Crippen LogP contribution is 2.24. The maximum atomic E-state index is 5.88. The summed E-state index contributed by atoms with van der Waals surface area (Å²) in [7, 11) is 0. The van der Waals surface area contributed by atoms with E-state index in [-0.39, 0.29) is 12.4 Å². The van der Waals surface area contributed by atoms with Gasteiger partial charge in [-0.15, -0.1) is 12.4 Å². The molecule has 1 aromatic heterocycles. The van der Waals surface area contributed by atoms with Crippen LogP contribution in [0.3, 0.4) is 0 Å². The second-order valence-electron chi connectivity index (χ2n) is 4.32. The number of hydrogen-bond donors (Lipinski definition) is 1. The molecule has 0 aliphatic rings. The van der Waals surface area contributed by atoms with E-state index in [0.29, 0.717) is 0 Å². The molecule has 98 valence electrons. The van der Waals surface area contributed by atoms with Crippen molar-refractivity contribution in [1.29, 1.82) is 0 Å². The van der Waals surface area contributed by atoms with Crippen LogP contribution in [0.2, 0.25) is 0 Å². The number of fused-ring (bicyclic) bond motifs is 1. The van der Waals surface area contributed by atoms with Crippen molar-refractivity contribution >= 4 is 29.0 Å². The van der Waals surface area contributed by atoms with Gasteiger partial charge in [0.25, 0.3) is 0 Å². The number of halogens is 1. The fourth-order valence-corrected chi connectivity index (χ4v) is 2.22. The molecule has 3 aromatic rings. The van der Waals surface area contributed by atoms with Gasteiger partial charge >= 0.3 is 0 Å². The first-order valence-corrected chi connectivity index (χ1v) is 6.12. The molecule has 0 aliphatic heterocycles. The fraction of sp³-hybridized carbons (Fsp3) is 0.133. The molecule has 4 heteroatoms. The Balaban J connectivity index is 0.00000133. The van der Waals surface area contributed by atoms with Gasteiger partial charge in [-0.25, -0.2) is 4.68 Å². The van der Waals surface area contributed by atoms with Crippen LogP contribution in [0.15, 0.2) is 48.5 Å². The van der Waals surface area contributed by atoms with Gasteiger partial charge in [-0.1, -0.05) is 25.1 Å². The van der Waals surface area contributed by atoms with Crippen LogP contribution in [0.5, 0.6) is 0 Å². The molecule has 2 aromatic carbocycles. The van der Waals surface area contributed by atoms with Crippen molar-refractivity contribution in [2.45, 2.75) is 13.3 Å². The van der Waals surface area contributed by atoms with Crippen LogP contribution in [0.1, 0.15) is 12.6 Å². The van der Waals surface area contributed by atoms with E-state index in [1.54, 1.807) is 0 Å². The quantitative estimate of drug-likeness (QED) is 0.725. The van der Waals surface area contributed by atoms with Gasteiger partial charge in [0.15, 0.2) is 0 Å². The van der Waals surface area contributed by atoms with Crippen molar-refractivity contribution in [1.82, 2.24) is 9.78 Å². The molecule has 0 spiro atoms. The molecule has 0 bridgehead atoms. The molecule has 0 saturated carbocycles. The molecule has 0 atom stereocenters. The molecule has 3 rings (SSSR count). The van der Waals surface area contributed by atoms with E-state index in [9.17, 15) is 0 Å². The number of aromatic nitrogens is 2. The molecule has 0 amide bonds. The topological polar surface area (TPSA) is 43.8 Å². The molecule has 2 N–H and O–H groups in total. The minimum atomic E-state index is 0. The molecule has 0 fully saturated rings. The standard InChI is InChI=1S/C15H15N3.ClH/c1-2-14-13-9-8-11(16)10-15(13)18(17-14)12-6-4-3-5-7-12;/h3-10H,2,16H2,1H3;1H. The van der Waals surface area contributed by atoms with Crippen LogP contribution in [0.25, 0.3) is 16.6 Å². The monoisotopic (exact) mass is 273 g/mol. The highest BCUT2D eigenvalue weighted by molar-refractivity contribution is 5.86. The number of benzene rings is 2. The maximum Gasteiger partial charge on any atom is 0.0764 e. The van der Waals surface area contributed by atoms with Crippen molar-refractivity contribution in [3.63, 3.8) is 0 Å². The lowest BCUT2D eigenvalue weighted by Crippen LogP contribution is -1.96. The largest absolute Gasteiger partial charge is 0.399 e. The minimum absolute atomic E-state index is 0. The van der Waals surface area contributed by atoms with Crippen LogP contribution < -0.4 is 5.73 Å². The third-order valence-corrected chi connectivity index (χ3v) is 3.12. The summed E-state index contributed by atoms with van der Waals surface area (Å²) < 4.78 is 1.96. The summed E-state index contributed by atoms with van der Waals surface area (Å²) in [5.41, 5.74) is 9.88. The van der Waals surface area contributed by atoms with Crippen molar-refractivity contribution in [3.8, 4) is 5.69 Å². The second kappa shape index (κ2) is 5.33. The first-order valence-electron chi connectivity index (χ1n) is 6.12. The minimum Gasteiger partial charge on any atom is -0.399 e. The number of rotatable bonds is 2. The van der Waals surface area contributed by atoms with Gasteiger partial charge in [0.05, 0.1) is 16.9 Å². The first-order chi connectivity index (χ1) is 8.79. The first kappa shape index (κ1) is 13.4. The van der Waals surface area contributed by atoms with Gasteiger partial charge in [0.1, 0.15) is 0 Å². The van der Waals surface area contributed by atoms with E-state index in [1.807, 2.05) is 35.0 Å². The zero-order chi connectivity index (χ0) is 12.5. The van der Waals surface area contributed by atoms with Crippen LogP contribution in [-0.2, 0) is 6.42 Å². The summed E-state index contributed by atoms with van der Waals surface area (Å²) in [5, 5.41) is 5.86. The Labute approximate surface area is 118 Å². The Morgan fingerprint density at radius 3 is 2.53 bits per heavy atom. The molecular weight excluding hydrogens is 258 g/mol. The Hall–Kier alpha value is -2.00. The highest BCUT2D eigenvalue weighted by Gasteiger charge is 2.10. The van der Waals surface area contributed by atoms with Crippen LogP contribution in [-0.4, -0.2) is 9.78 Å². The zero-order valence-electron chi connectivity index (χ0n) is 10.7. The molecule has 0 unspecified atom stereocenters. The molecule has 3 nitrogen and oxygen atoms in total. The average molecular weight is 274 g/mol. The van der Waals surface area contributed by atoms with Gasteiger partial charge in [0, 0.05) is 11.1 Å². The van der Waals surface area contributed by atoms with Gasteiger partial charge < -0.3 is 5.73 Å². The fourth-order valence-electron chi connectivity index (χ4n) is 2.22.